The number of hydrogen-bond donors (Lipinski definition) is 1. The van der Waals surface area contributed by atoms with Crippen LogP contribution in [0.1, 0.15) is 57.2 Å². The summed E-state index contributed by atoms with van der Waals surface area (Å²) in [6.45, 7) is 10.2. The van der Waals surface area contributed by atoms with Crippen molar-refractivity contribution in [3.05, 3.63) is 35.4 Å². The standard InChI is InChI=1S/C19H29NO/c1-18(2)9-8-15-6-4-5-7-16(15)17(18)20-14-19(3)10-12-21-13-11-19/h4-7,17,20H,8-14H2,1-3H3. The third kappa shape index (κ3) is 3.17. The topological polar surface area (TPSA) is 21.3 Å². The van der Waals surface area contributed by atoms with Crippen LogP contribution in [0.5, 0.6) is 0 Å². The summed E-state index contributed by atoms with van der Waals surface area (Å²) in [5.41, 5.74) is 3.77. The Morgan fingerprint density at radius 1 is 1.10 bits per heavy atom. The van der Waals surface area contributed by atoms with Crippen LogP contribution < -0.4 is 5.32 Å². The average Bonchev–Trinajstić information content (AvgIpc) is 2.46. The van der Waals surface area contributed by atoms with Crippen LogP contribution in [0, 0.1) is 10.8 Å². The molecular weight excluding hydrogens is 258 g/mol. The van der Waals surface area contributed by atoms with Gasteiger partial charge < -0.3 is 10.1 Å². The predicted molar refractivity (Wildman–Crippen MR) is 87.4 cm³/mol. The zero-order chi connectivity index (χ0) is 14.9. The van der Waals surface area contributed by atoms with Gasteiger partial charge in [-0.05, 0) is 47.6 Å². The Bertz CT molecular complexity index is 488. The molecule has 1 atom stereocenters. The minimum absolute atomic E-state index is 0.329. The van der Waals surface area contributed by atoms with Crippen molar-refractivity contribution in [3.63, 3.8) is 0 Å². The van der Waals surface area contributed by atoms with E-state index in [1.165, 1.54) is 36.8 Å². The van der Waals surface area contributed by atoms with Gasteiger partial charge in [-0.2, -0.15) is 0 Å². The molecule has 2 aliphatic rings. The Morgan fingerprint density at radius 3 is 2.57 bits per heavy atom. The highest BCUT2D eigenvalue weighted by molar-refractivity contribution is 5.34. The highest BCUT2D eigenvalue weighted by atomic mass is 16.5. The Morgan fingerprint density at radius 2 is 1.81 bits per heavy atom. The largest absolute Gasteiger partial charge is 0.381 e. The summed E-state index contributed by atoms with van der Waals surface area (Å²) in [6.07, 6.45) is 4.83. The molecule has 2 heteroatoms. The fourth-order valence-corrected chi connectivity index (χ4v) is 3.84. The van der Waals surface area contributed by atoms with Crippen molar-refractivity contribution < 1.29 is 4.74 Å². The molecule has 1 aliphatic heterocycles. The van der Waals surface area contributed by atoms with E-state index >= 15 is 0 Å². The van der Waals surface area contributed by atoms with E-state index < -0.39 is 0 Å². The van der Waals surface area contributed by atoms with Crippen molar-refractivity contribution in [3.8, 4) is 0 Å². The summed E-state index contributed by atoms with van der Waals surface area (Å²) in [6, 6.07) is 9.46. The molecule has 1 aromatic carbocycles. The van der Waals surface area contributed by atoms with E-state index in [1.807, 2.05) is 0 Å². The first-order valence-corrected chi connectivity index (χ1v) is 8.39. The van der Waals surface area contributed by atoms with Crippen molar-refractivity contribution in [2.24, 2.45) is 10.8 Å². The summed E-state index contributed by atoms with van der Waals surface area (Å²) < 4.78 is 5.53. The second-order valence-electron chi connectivity index (χ2n) is 7.92. The molecule has 0 saturated carbocycles. The maximum Gasteiger partial charge on any atom is 0.0471 e. The lowest BCUT2D eigenvalue weighted by atomic mass is 9.70. The van der Waals surface area contributed by atoms with Crippen LogP contribution in [0.15, 0.2) is 24.3 Å². The fourth-order valence-electron chi connectivity index (χ4n) is 3.84. The van der Waals surface area contributed by atoms with Gasteiger partial charge in [-0.25, -0.2) is 0 Å². The van der Waals surface area contributed by atoms with Gasteiger partial charge in [0.05, 0.1) is 0 Å². The van der Waals surface area contributed by atoms with Crippen LogP contribution in [-0.2, 0) is 11.2 Å². The number of hydrogen-bond acceptors (Lipinski definition) is 2. The molecule has 2 nitrogen and oxygen atoms in total. The second-order valence-corrected chi connectivity index (χ2v) is 7.92. The lowest BCUT2D eigenvalue weighted by Gasteiger charge is -2.43. The average molecular weight is 287 g/mol. The van der Waals surface area contributed by atoms with Gasteiger partial charge in [0.2, 0.25) is 0 Å². The van der Waals surface area contributed by atoms with Gasteiger partial charge in [0.1, 0.15) is 0 Å². The summed E-state index contributed by atoms with van der Waals surface area (Å²) >= 11 is 0. The molecule has 116 valence electrons. The molecule has 1 aromatic rings. The quantitative estimate of drug-likeness (QED) is 0.903. The minimum Gasteiger partial charge on any atom is -0.381 e. The zero-order valence-corrected chi connectivity index (χ0v) is 13.7. The van der Waals surface area contributed by atoms with Crippen LogP contribution in [0.3, 0.4) is 0 Å². The Hall–Kier alpha value is -0.860. The Kier molecular flexibility index (Phi) is 4.11. The van der Waals surface area contributed by atoms with E-state index in [-0.39, 0.29) is 0 Å². The summed E-state index contributed by atoms with van der Waals surface area (Å²) in [5, 5.41) is 3.92. The second kappa shape index (κ2) is 5.73. The van der Waals surface area contributed by atoms with E-state index in [0.717, 1.165) is 19.8 Å². The van der Waals surface area contributed by atoms with E-state index in [1.54, 1.807) is 0 Å². The molecular formula is C19H29NO. The van der Waals surface area contributed by atoms with Gasteiger partial charge in [-0.3, -0.25) is 0 Å². The van der Waals surface area contributed by atoms with E-state index in [2.05, 4.69) is 50.4 Å². The molecule has 21 heavy (non-hydrogen) atoms. The molecule has 0 aromatic heterocycles. The number of benzene rings is 1. The molecule has 1 N–H and O–H groups in total. The van der Waals surface area contributed by atoms with E-state index in [9.17, 15) is 0 Å². The van der Waals surface area contributed by atoms with Crippen molar-refractivity contribution >= 4 is 0 Å². The van der Waals surface area contributed by atoms with Crippen LogP contribution in [0.25, 0.3) is 0 Å². The first-order valence-electron chi connectivity index (χ1n) is 8.39. The van der Waals surface area contributed by atoms with E-state index in [4.69, 9.17) is 4.74 Å². The minimum atomic E-state index is 0.329. The predicted octanol–water partition coefficient (Wildman–Crippen LogP) is 4.11. The summed E-state index contributed by atoms with van der Waals surface area (Å²) in [7, 11) is 0. The van der Waals surface area contributed by atoms with Gasteiger partial charge in [-0.15, -0.1) is 0 Å². The van der Waals surface area contributed by atoms with Gasteiger partial charge in [-0.1, -0.05) is 45.0 Å². The molecule has 0 bridgehead atoms. The molecule has 1 unspecified atom stereocenters. The van der Waals surface area contributed by atoms with Crippen LogP contribution in [0.4, 0.5) is 0 Å². The Balaban J connectivity index is 1.76. The number of aryl methyl sites for hydroxylation is 1. The Labute approximate surface area is 129 Å². The van der Waals surface area contributed by atoms with Crippen LogP contribution >= 0.6 is 0 Å². The summed E-state index contributed by atoms with van der Waals surface area (Å²) in [4.78, 5) is 0. The number of fused-ring (bicyclic) bond motifs is 1. The van der Waals surface area contributed by atoms with Crippen molar-refractivity contribution in [2.75, 3.05) is 19.8 Å². The molecule has 3 rings (SSSR count). The highest BCUT2D eigenvalue weighted by Crippen LogP contribution is 2.44. The third-order valence-electron chi connectivity index (χ3n) is 5.62. The normalized spacial score (nSPS) is 27.1. The fraction of sp³-hybridized carbons (Fsp3) is 0.684. The lowest BCUT2D eigenvalue weighted by Crippen LogP contribution is -2.44. The molecule has 1 fully saturated rings. The highest BCUT2D eigenvalue weighted by Gasteiger charge is 2.37. The first-order chi connectivity index (χ1) is 10.0. The third-order valence-corrected chi connectivity index (χ3v) is 5.62. The van der Waals surface area contributed by atoms with Crippen molar-refractivity contribution in [1.29, 1.82) is 0 Å². The summed E-state index contributed by atoms with van der Waals surface area (Å²) in [5.74, 6) is 0. The van der Waals surface area contributed by atoms with Gasteiger partial charge >= 0.3 is 0 Å². The van der Waals surface area contributed by atoms with Crippen molar-refractivity contribution in [2.45, 2.75) is 52.5 Å². The molecule has 1 saturated heterocycles. The first kappa shape index (κ1) is 15.1. The number of rotatable bonds is 3. The maximum atomic E-state index is 5.53. The SMILES string of the molecule is CC1(CNC2c3ccccc3CCC2(C)C)CCOCC1. The smallest absolute Gasteiger partial charge is 0.0471 e. The monoisotopic (exact) mass is 287 g/mol. The van der Waals surface area contributed by atoms with Gasteiger partial charge in [0, 0.05) is 25.8 Å². The molecule has 0 radical (unpaired) electrons. The van der Waals surface area contributed by atoms with Crippen LogP contribution in [0.2, 0.25) is 0 Å². The van der Waals surface area contributed by atoms with Crippen LogP contribution in [-0.4, -0.2) is 19.8 Å². The molecule has 0 amide bonds. The number of nitrogens with one attached hydrogen (secondary N) is 1. The molecule has 1 aliphatic carbocycles. The number of ether oxygens (including phenoxy) is 1. The van der Waals surface area contributed by atoms with Crippen molar-refractivity contribution in [1.82, 2.24) is 5.32 Å². The van der Waals surface area contributed by atoms with Gasteiger partial charge in [0.15, 0.2) is 0 Å². The molecule has 1 heterocycles. The molecule has 0 spiro atoms. The van der Waals surface area contributed by atoms with E-state index in [0.29, 0.717) is 16.9 Å². The maximum absolute atomic E-state index is 5.53. The van der Waals surface area contributed by atoms with Gasteiger partial charge in [0.25, 0.3) is 0 Å². The zero-order valence-electron chi connectivity index (χ0n) is 13.7. The lowest BCUT2D eigenvalue weighted by molar-refractivity contribution is 0.0198.